The lowest BCUT2D eigenvalue weighted by atomic mass is 9.32. The Morgan fingerprint density at radius 3 is 2.29 bits per heavy atom. The lowest BCUT2D eigenvalue weighted by molar-refractivity contribution is -0.249. The summed E-state index contributed by atoms with van der Waals surface area (Å²) in [5, 5.41) is 13.1. The number of carboxylic acids is 1. The Balaban J connectivity index is 1.34. The molecule has 5 saturated carbocycles. The molecule has 9 atom stereocenters. The van der Waals surface area contributed by atoms with E-state index in [0.29, 0.717) is 22.2 Å². The van der Waals surface area contributed by atoms with Crippen molar-refractivity contribution in [2.75, 3.05) is 13.1 Å². The van der Waals surface area contributed by atoms with Gasteiger partial charge < -0.3 is 15.2 Å². The minimum Gasteiger partial charge on any atom is -0.481 e. The molecule has 0 bridgehead atoms. The average molecular weight is 586 g/mol. The van der Waals surface area contributed by atoms with Crippen LogP contribution in [0.4, 0.5) is 0 Å². The Kier molecular flexibility index (Phi) is 8.50. The first kappa shape index (κ1) is 32.3. The Morgan fingerprint density at radius 2 is 1.60 bits per heavy atom. The van der Waals surface area contributed by atoms with Crippen LogP contribution in [0.25, 0.3) is 0 Å². The number of fused-ring (bicyclic) bond motifs is 7. The molecule has 0 aliphatic heterocycles. The molecule has 240 valence electrons. The van der Waals surface area contributed by atoms with Crippen molar-refractivity contribution in [1.29, 1.82) is 0 Å². The van der Waals surface area contributed by atoms with E-state index >= 15 is 0 Å². The van der Waals surface area contributed by atoms with Gasteiger partial charge in [-0.2, -0.15) is 0 Å². The van der Waals surface area contributed by atoms with Crippen molar-refractivity contribution in [3.8, 4) is 0 Å². The zero-order chi connectivity index (χ0) is 30.8. The number of ether oxygens (including phenoxy) is 1. The van der Waals surface area contributed by atoms with E-state index in [-0.39, 0.29) is 29.3 Å². The van der Waals surface area contributed by atoms with Crippen LogP contribution >= 0.6 is 0 Å². The summed E-state index contributed by atoms with van der Waals surface area (Å²) < 4.78 is 6.15. The first-order chi connectivity index (χ1) is 19.6. The summed E-state index contributed by atoms with van der Waals surface area (Å²) in [5.41, 5.74) is 0.417. The van der Waals surface area contributed by atoms with E-state index in [1.54, 1.807) is 13.8 Å². The van der Waals surface area contributed by atoms with Crippen molar-refractivity contribution in [3.05, 3.63) is 0 Å². The maximum Gasteiger partial charge on any atom is 0.309 e. The molecule has 5 aliphatic rings. The largest absolute Gasteiger partial charge is 0.481 e. The Bertz CT molecular complexity index is 1040. The molecule has 2 N–H and O–H groups in total. The van der Waals surface area contributed by atoms with Crippen LogP contribution in [-0.4, -0.2) is 36.2 Å². The van der Waals surface area contributed by atoms with Gasteiger partial charge in [-0.05, 0) is 149 Å². The van der Waals surface area contributed by atoms with Gasteiger partial charge in [0.05, 0.1) is 11.8 Å². The number of carbonyl (C=O) groups is 2. The minimum absolute atomic E-state index is 0.0743. The summed E-state index contributed by atoms with van der Waals surface area (Å²) in [6.07, 6.45) is 17.0. The van der Waals surface area contributed by atoms with Gasteiger partial charge in [-0.15, -0.1) is 0 Å². The van der Waals surface area contributed by atoms with Crippen LogP contribution < -0.4 is 5.32 Å². The van der Waals surface area contributed by atoms with Gasteiger partial charge in [-0.3, -0.25) is 9.59 Å². The molecule has 42 heavy (non-hydrogen) atoms. The highest BCUT2D eigenvalue weighted by Gasteiger charge is 2.70. The van der Waals surface area contributed by atoms with E-state index in [4.69, 9.17) is 4.74 Å². The second-order valence-corrected chi connectivity index (χ2v) is 17.7. The molecule has 0 radical (unpaired) electrons. The number of carboxylic acid groups (broad SMARTS) is 1. The molecule has 0 saturated heterocycles. The van der Waals surface area contributed by atoms with E-state index in [1.807, 2.05) is 0 Å². The molecule has 5 aliphatic carbocycles. The summed E-state index contributed by atoms with van der Waals surface area (Å²) >= 11 is 0. The van der Waals surface area contributed by atoms with Gasteiger partial charge in [0.1, 0.15) is 6.10 Å². The monoisotopic (exact) mass is 585 g/mol. The van der Waals surface area contributed by atoms with Crippen molar-refractivity contribution in [2.24, 2.45) is 56.2 Å². The fourth-order valence-electron chi connectivity index (χ4n) is 12.7. The van der Waals surface area contributed by atoms with E-state index in [1.165, 1.54) is 77.2 Å². The number of nitrogens with one attached hydrogen (secondary N) is 1. The molecule has 5 nitrogen and oxygen atoms in total. The van der Waals surface area contributed by atoms with E-state index in [2.05, 4.69) is 46.9 Å². The smallest absolute Gasteiger partial charge is 0.309 e. The Morgan fingerprint density at radius 1 is 0.857 bits per heavy atom. The van der Waals surface area contributed by atoms with E-state index in [9.17, 15) is 14.7 Å². The molecule has 5 fully saturated rings. The number of esters is 1. The third-order valence-electron chi connectivity index (χ3n) is 15.2. The maximum atomic E-state index is 13.0. The van der Waals surface area contributed by atoms with E-state index < -0.39 is 11.4 Å². The fraction of sp³-hybridized carbons (Fsp3) is 0.946. The van der Waals surface area contributed by atoms with Crippen LogP contribution in [0, 0.1) is 56.2 Å². The van der Waals surface area contributed by atoms with Crippen molar-refractivity contribution in [2.45, 2.75) is 151 Å². The SMILES string of the molecule is CCNCCC[C@]12CCC[C@@H]1[C@H]1CCC3[C@@]4(C)CC[C@H](OC(=O)CC(C)(C)C(=O)O)C(C)(C)C4CC[C@@]3(C)[C@]1(C)CC2. The van der Waals surface area contributed by atoms with Gasteiger partial charge >= 0.3 is 11.9 Å². The Hall–Kier alpha value is -1.10. The highest BCUT2D eigenvalue weighted by atomic mass is 16.5. The molecular weight excluding hydrogens is 522 g/mol. The van der Waals surface area contributed by atoms with Crippen molar-refractivity contribution >= 4 is 11.9 Å². The summed E-state index contributed by atoms with van der Waals surface area (Å²) in [4.78, 5) is 24.6. The standard InChI is InChI=1S/C37H63NO4/c1-9-38-23-11-18-37-17-10-12-26(37)25-13-14-28-34(6)19-16-29(42-30(39)24-32(2,3)31(40)41)33(4,5)27(34)15-20-36(28,8)35(25,7)21-22-37/h25-29,38H,9-24H2,1-8H3,(H,40,41)/t25-,26-,27?,28?,29+,34+,35-,36-,37+/m1/s1. The van der Waals surface area contributed by atoms with Crippen LogP contribution in [0.3, 0.4) is 0 Å². The second-order valence-electron chi connectivity index (χ2n) is 17.7. The molecule has 0 aromatic carbocycles. The number of carbonyl (C=O) groups excluding carboxylic acids is 1. The molecule has 2 unspecified atom stereocenters. The fourth-order valence-corrected chi connectivity index (χ4v) is 12.7. The van der Waals surface area contributed by atoms with Gasteiger partial charge in [-0.1, -0.05) is 48.0 Å². The molecule has 5 rings (SSSR count). The molecule has 5 heteroatoms. The lowest BCUT2D eigenvalue weighted by Crippen LogP contribution is -2.66. The number of hydrogen-bond acceptors (Lipinski definition) is 4. The molecule has 0 aromatic rings. The van der Waals surface area contributed by atoms with Gasteiger partial charge in [0, 0.05) is 5.41 Å². The van der Waals surface area contributed by atoms with Crippen LogP contribution in [-0.2, 0) is 14.3 Å². The van der Waals surface area contributed by atoms with Crippen LogP contribution in [0.15, 0.2) is 0 Å². The van der Waals surface area contributed by atoms with Gasteiger partial charge in [-0.25, -0.2) is 0 Å². The maximum absolute atomic E-state index is 13.0. The molecule has 0 amide bonds. The summed E-state index contributed by atoms with van der Waals surface area (Å²) in [7, 11) is 0. The predicted octanol–water partition coefficient (Wildman–Crippen LogP) is 8.64. The number of rotatable bonds is 9. The van der Waals surface area contributed by atoms with Gasteiger partial charge in [0.15, 0.2) is 0 Å². The molecule has 0 heterocycles. The quantitative estimate of drug-likeness (QED) is 0.209. The topological polar surface area (TPSA) is 75.6 Å². The Labute approximate surface area is 257 Å². The summed E-state index contributed by atoms with van der Waals surface area (Å²) in [5.74, 6) is 1.72. The summed E-state index contributed by atoms with van der Waals surface area (Å²) in [6.45, 7) is 20.4. The normalized spacial score (nSPS) is 44.3. The second kappa shape index (κ2) is 11.1. The van der Waals surface area contributed by atoms with Crippen LogP contribution in [0.2, 0.25) is 0 Å². The average Bonchev–Trinajstić information content (AvgIpc) is 3.32. The third-order valence-corrected chi connectivity index (χ3v) is 15.2. The molecule has 0 aromatic heterocycles. The molecule has 0 spiro atoms. The zero-order valence-corrected chi connectivity index (χ0v) is 28.4. The van der Waals surface area contributed by atoms with E-state index in [0.717, 1.165) is 37.1 Å². The number of hydrogen-bond donors (Lipinski definition) is 2. The highest BCUT2D eigenvalue weighted by Crippen LogP contribution is 2.77. The van der Waals surface area contributed by atoms with Crippen molar-refractivity contribution in [1.82, 2.24) is 5.32 Å². The van der Waals surface area contributed by atoms with Crippen molar-refractivity contribution < 1.29 is 19.4 Å². The highest BCUT2D eigenvalue weighted by molar-refractivity contribution is 5.81. The van der Waals surface area contributed by atoms with Gasteiger partial charge in [0.2, 0.25) is 0 Å². The first-order valence-electron chi connectivity index (χ1n) is 17.7. The zero-order valence-electron chi connectivity index (χ0n) is 28.4. The molecular formula is C37H63NO4. The lowest BCUT2D eigenvalue weighted by Gasteiger charge is -2.72. The first-order valence-corrected chi connectivity index (χ1v) is 17.7. The predicted molar refractivity (Wildman–Crippen MR) is 169 cm³/mol. The minimum atomic E-state index is -1.10. The van der Waals surface area contributed by atoms with Crippen LogP contribution in [0.5, 0.6) is 0 Å². The van der Waals surface area contributed by atoms with Gasteiger partial charge in [0.25, 0.3) is 0 Å². The third kappa shape index (κ3) is 4.89. The summed E-state index contributed by atoms with van der Waals surface area (Å²) in [6, 6.07) is 0. The van der Waals surface area contributed by atoms with Crippen LogP contribution in [0.1, 0.15) is 145 Å². The number of aliphatic carboxylic acids is 1. The van der Waals surface area contributed by atoms with Crippen molar-refractivity contribution in [3.63, 3.8) is 0 Å².